The minimum Gasteiger partial charge on any atom is -0.392 e. The van der Waals surface area contributed by atoms with Crippen LogP contribution in [0.2, 0.25) is 0 Å². The van der Waals surface area contributed by atoms with E-state index in [0.29, 0.717) is 24.8 Å². The quantitative estimate of drug-likeness (QED) is 0.470. The molecule has 3 N–H and O–H groups in total. The van der Waals surface area contributed by atoms with Crippen molar-refractivity contribution in [3.05, 3.63) is 23.9 Å². The van der Waals surface area contributed by atoms with Gasteiger partial charge in [-0.15, -0.1) is 11.8 Å². The Morgan fingerprint density at radius 1 is 1.41 bits per heavy atom. The molecule has 5 heteroatoms. The fourth-order valence-electron chi connectivity index (χ4n) is 4.15. The van der Waals surface area contributed by atoms with Crippen molar-refractivity contribution >= 4 is 5.91 Å². The molecule has 2 fully saturated rings. The molecule has 0 heterocycles. The third kappa shape index (κ3) is 5.85. The number of likely N-dealkylation sites (N-methyl/N-ethyl adjacent to an activating group) is 1. The zero-order valence-corrected chi connectivity index (χ0v) is 17.0. The molecule has 0 unspecified atom stereocenters. The summed E-state index contributed by atoms with van der Waals surface area (Å²) >= 11 is 0. The zero-order valence-electron chi connectivity index (χ0n) is 17.0. The molecule has 0 spiro atoms. The number of carbonyl (C=O) groups excluding carboxylic acids is 1. The summed E-state index contributed by atoms with van der Waals surface area (Å²) in [6.07, 6.45) is 8.36. The Kier molecular flexibility index (Phi) is 7.94. The van der Waals surface area contributed by atoms with Crippen LogP contribution in [0.1, 0.15) is 39.5 Å². The van der Waals surface area contributed by atoms with Gasteiger partial charge in [-0.2, -0.15) is 0 Å². The molecule has 150 valence electrons. The lowest BCUT2D eigenvalue weighted by Gasteiger charge is -2.19. The highest BCUT2D eigenvalue weighted by atomic mass is 16.3. The van der Waals surface area contributed by atoms with Crippen LogP contribution in [0.3, 0.4) is 0 Å². The second kappa shape index (κ2) is 9.96. The number of aliphatic hydroxyl groups is 2. The van der Waals surface area contributed by atoms with Crippen molar-refractivity contribution in [3.8, 4) is 11.8 Å². The molecule has 2 saturated carbocycles. The standard InChI is InChI=1S/C22H34N2O3/c1-5-6-7-15(2)20(25)9-8-18-19-11-16(10-17(19)12-21(18)26)13-23-14-22(27)24(3)4/h8-9,13,15,17-21,23,25-26H,7,10-12,14H2,1-4H3/b9-8+,16-13+/t15-,17+,18-,19+,20-,21-/m1/s1. The Labute approximate surface area is 163 Å². The van der Waals surface area contributed by atoms with Crippen LogP contribution in [0.15, 0.2) is 23.9 Å². The third-order valence-corrected chi connectivity index (χ3v) is 5.88. The summed E-state index contributed by atoms with van der Waals surface area (Å²) in [6.45, 7) is 4.10. The number of fused-ring (bicyclic) bond motifs is 1. The lowest BCUT2D eigenvalue weighted by molar-refractivity contribution is -0.127. The Hall–Kier alpha value is -1.77. The van der Waals surface area contributed by atoms with Gasteiger partial charge >= 0.3 is 0 Å². The topological polar surface area (TPSA) is 72.8 Å². The summed E-state index contributed by atoms with van der Waals surface area (Å²) in [5.74, 6) is 6.98. The molecule has 27 heavy (non-hydrogen) atoms. The van der Waals surface area contributed by atoms with E-state index >= 15 is 0 Å². The van der Waals surface area contributed by atoms with Gasteiger partial charge in [0.05, 0.1) is 18.8 Å². The molecule has 1 amide bonds. The minimum atomic E-state index is -0.535. The fourth-order valence-corrected chi connectivity index (χ4v) is 4.15. The first-order valence-electron chi connectivity index (χ1n) is 9.89. The van der Waals surface area contributed by atoms with Gasteiger partial charge in [0.15, 0.2) is 0 Å². The highest BCUT2D eigenvalue weighted by molar-refractivity contribution is 5.77. The van der Waals surface area contributed by atoms with Crippen LogP contribution in [-0.4, -0.2) is 53.9 Å². The number of amides is 1. The predicted octanol–water partition coefficient (Wildman–Crippen LogP) is 1.92. The Morgan fingerprint density at radius 2 is 2.15 bits per heavy atom. The molecule has 2 rings (SSSR count). The van der Waals surface area contributed by atoms with E-state index < -0.39 is 6.10 Å². The van der Waals surface area contributed by atoms with Gasteiger partial charge in [-0.1, -0.05) is 24.6 Å². The van der Waals surface area contributed by atoms with Gasteiger partial charge in [-0.05, 0) is 50.1 Å². The first-order valence-corrected chi connectivity index (χ1v) is 9.89. The van der Waals surface area contributed by atoms with E-state index in [1.165, 1.54) is 5.57 Å². The van der Waals surface area contributed by atoms with Gasteiger partial charge in [-0.3, -0.25) is 4.79 Å². The summed E-state index contributed by atoms with van der Waals surface area (Å²) in [5, 5.41) is 23.9. The summed E-state index contributed by atoms with van der Waals surface area (Å²) in [4.78, 5) is 13.2. The van der Waals surface area contributed by atoms with Gasteiger partial charge < -0.3 is 20.4 Å². The van der Waals surface area contributed by atoms with Gasteiger partial charge in [0, 0.05) is 26.4 Å². The molecule has 0 bridgehead atoms. The van der Waals surface area contributed by atoms with Crippen LogP contribution >= 0.6 is 0 Å². The van der Waals surface area contributed by atoms with Crippen molar-refractivity contribution in [3.63, 3.8) is 0 Å². The molecule has 0 aromatic heterocycles. The number of allylic oxidation sites excluding steroid dienone is 1. The van der Waals surface area contributed by atoms with Crippen molar-refractivity contribution < 1.29 is 15.0 Å². The monoisotopic (exact) mass is 374 g/mol. The van der Waals surface area contributed by atoms with E-state index in [0.717, 1.165) is 19.3 Å². The SMILES string of the molecule is CC#CC[C@@H](C)[C@H](O)/C=C/[C@@H]1[C@H]2C/C(=C/NCC(=O)N(C)C)C[C@H]2C[C@H]1O. The van der Waals surface area contributed by atoms with Crippen molar-refractivity contribution in [2.75, 3.05) is 20.6 Å². The molecule has 5 nitrogen and oxygen atoms in total. The predicted molar refractivity (Wildman–Crippen MR) is 107 cm³/mol. The lowest BCUT2D eigenvalue weighted by atomic mass is 9.89. The van der Waals surface area contributed by atoms with Gasteiger partial charge in [0.2, 0.25) is 5.91 Å². The third-order valence-electron chi connectivity index (χ3n) is 5.88. The molecular formula is C22H34N2O3. The Bertz CT molecular complexity index is 629. The first kappa shape index (κ1) is 21.5. The summed E-state index contributed by atoms with van der Waals surface area (Å²) in [6, 6.07) is 0. The second-order valence-electron chi connectivity index (χ2n) is 8.17. The number of aliphatic hydroxyl groups excluding tert-OH is 2. The van der Waals surface area contributed by atoms with E-state index in [1.54, 1.807) is 25.9 Å². The average molecular weight is 375 g/mol. The molecule has 0 radical (unpaired) electrons. The molecule has 0 saturated heterocycles. The molecule has 0 aromatic rings. The van der Waals surface area contributed by atoms with E-state index in [2.05, 4.69) is 17.2 Å². The zero-order chi connectivity index (χ0) is 20.0. The Morgan fingerprint density at radius 3 is 2.81 bits per heavy atom. The number of rotatable bonds is 7. The molecule has 6 atom stereocenters. The maximum absolute atomic E-state index is 11.6. The number of hydrogen-bond acceptors (Lipinski definition) is 4. The van der Waals surface area contributed by atoms with Crippen LogP contribution in [0, 0.1) is 35.5 Å². The number of hydrogen-bond donors (Lipinski definition) is 3. The summed E-state index contributed by atoms with van der Waals surface area (Å²) in [5.41, 5.74) is 1.31. The summed E-state index contributed by atoms with van der Waals surface area (Å²) in [7, 11) is 3.50. The second-order valence-corrected chi connectivity index (χ2v) is 8.17. The van der Waals surface area contributed by atoms with E-state index in [9.17, 15) is 15.0 Å². The van der Waals surface area contributed by atoms with Gasteiger partial charge in [0.25, 0.3) is 0 Å². The van der Waals surface area contributed by atoms with Crippen molar-refractivity contribution in [1.29, 1.82) is 0 Å². The van der Waals surface area contributed by atoms with Gasteiger partial charge in [-0.25, -0.2) is 0 Å². The van der Waals surface area contributed by atoms with Crippen LogP contribution in [0.5, 0.6) is 0 Å². The number of nitrogens with zero attached hydrogens (tertiary/aromatic N) is 1. The normalized spacial score (nSPS) is 30.7. The van der Waals surface area contributed by atoms with E-state index in [4.69, 9.17) is 0 Å². The molecular weight excluding hydrogens is 340 g/mol. The van der Waals surface area contributed by atoms with Crippen LogP contribution in [-0.2, 0) is 4.79 Å². The maximum Gasteiger partial charge on any atom is 0.241 e. The number of nitrogens with one attached hydrogen (secondary N) is 1. The highest BCUT2D eigenvalue weighted by Gasteiger charge is 2.45. The van der Waals surface area contributed by atoms with Crippen molar-refractivity contribution in [1.82, 2.24) is 10.2 Å². The van der Waals surface area contributed by atoms with Crippen LogP contribution < -0.4 is 5.32 Å². The van der Waals surface area contributed by atoms with Crippen LogP contribution in [0.4, 0.5) is 0 Å². The smallest absolute Gasteiger partial charge is 0.241 e. The molecule has 0 aliphatic heterocycles. The van der Waals surface area contributed by atoms with Gasteiger partial charge in [0.1, 0.15) is 0 Å². The van der Waals surface area contributed by atoms with Crippen LogP contribution in [0.25, 0.3) is 0 Å². The largest absolute Gasteiger partial charge is 0.392 e. The molecule has 2 aliphatic carbocycles. The minimum absolute atomic E-state index is 0.0529. The van der Waals surface area contributed by atoms with E-state index in [1.807, 2.05) is 25.3 Å². The van der Waals surface area contributed by atoms with Crippen molar-refractivity contribution in [2.24, 2.45) is 23.7 Å². The molecule has 2 aliphatic rings. The number of carbonyl (C=O) groups is 1. The lowest BCUT2D eigenvalue weighted by Crippen LogP contribution is -2.30. The van der Waals surface area contributed by atoms with E-state index in [-0.39, 0.29) is 23.8 Å². The summed E-state index contributed by atoms with van der Waals surface area (Å²) < 4.78 is 0. The van der Waals surface area contributed by atoms with Crippen molar-refractivity contribution in [2.45, 2.75) is 51.7 Å². The Balaban J connectivity index is 1.91. The average Bonchev–Trinajstić information content (AvgIpc) is 3.13. The fraction of sp³-hybridized carbons (Fsp3) is 0.682. The molecule has 0 aromatic carbocycles. The maximum atomic E-state index is 11.6. The first-order chi connectivity index (χ1) is 12.8. The highest BCUT2D eigenvalue weighted by Crippen LogP contribution is 2.50.